The largest absolute Gasteiger partial charge is 0.497 e. The minimum absolute atomic E-state index is 0.172. The van der Waals surface area contributed by atoms with Gasteiger partial charge >= 0.3 is 5.91 Å². The van der Waals surface area contributed by atoms with E-state index in [1.807, 2.05) is 6.92 Å². The summed E-state index contributed by atoms with van der Waals surface area (Å²) < 4.78 is 22.6. The topological polar surface area (TPSA) is 124 Å². The Labute approximate surface area is 150 Å². The fourth-order valence-corrected chi connectivity index (χ4v) is 4.50. The Morgan fingerprint density at radius 2 is 2.04 bits per heavy atom. The van der Waals surface area contributed by atoms with Crippen LogP contribution in [0, 0.1) is 33.5 Å². The SMILES string of the molecule is COc1ccc(OC)c([C@H]2[C@@]3(C#N)[C@@]4([NH+]=C(N)[C@@]23C#N)OC[C@H](C)O4)c1. The molecular weight excluding hydrogens is 336 g/mol. The van der Waals surface area contributed by atoms with Crippen LogP contribution in [0.1, 0.15) is 18.4 Å². The first kappa shape index (κ1) is 16.6. The monoisotopic (exact) mass is 355 g/mol. The molecule has 3 aliphatic rings. The highest BCUT2D eigenvalue weighted by Crippen LogP contribution is 2.80. The molecule has 1 saturated carbocycles. The van der Waals surface area contributed by atoms with Gasteiger partial charge in [-0.25, -0.2) is 4.99 Å². The van der Waals surface area contributed by atoms with Gasteiger partial charge in [-0.3, -0.25) is 5.73 Å². The Morgan fingerprint density at radius 1 is 1.27 bits per heavy atom. The van der Waals surface area contributed by atoms with Crippen molar-refractivity contribution in [2.75, 3.05) is 20.8 Å². The van der Waals surface area contributed by atoms with Crippen molar-refractivity contribution in [1.29, 1.82) is 10.5 Å². The maximum atomic E-state index is 10.2. The molecule has 2 fully saturated rings. The Morgan fingerprint density at radius 3 is 2.58 bits per heavy atom. The number of ether oxygens (including phenoxy) is 4. The van der Waals surface area contributed by atoms with E-state index >= 15 is 0 Å². The van der Waals surface area contributed by atoms with Crippen LogP contribution in [0.25, 0.3) is 0 Å². The summed E-state index contributed by atoms with van der Waals surface area (Å²) in [5, 5.41) is 20.2. The summed E-state index contributed by atoms with van der Waals surface area (Å²) in [6.07, 6.45) is -0.233. The third-order valence-corrected chi connectivity index (χ3v) is 5.64. The number of benzene rings is 1. The van der Waals surface area contributed by atoms with E-state index in [1.165, 1.54) is 7.11 Å². The van der Waals surface area contributed by atoms with Crippen molar-refractivity contribution in [3.63, 3.8) is 0 Å². The van der Waals surface area contributed by atoms with Crippen molar-refractivity contribution in [3.05, 3.63) is 23.8 Å². The molecular formula is C18H19N4O4+. The van der Waals surface area contributed by atoms with Crippen molar-refractivity contribution in [1.82, 2.24) is 0 Å². The van der Waals surface area contributed by atoms with Crippen LogP contribution in [0.5, 0.6) is 11.5 Å². The van der Waals surface area contributed by atoms with E-state index in [0.717, 1.165) is 0 Å². The van der Waals surface area contributed by atoms with E-state index in [9.17, 15) is 10.5 Å². The number of hydrogen-bond acceptors (Lipinski definition) is 7. The number of fused-ring (bicyclic) bond motifs is 2. The van der Waals surface area contributed by atoms with Gasteiger partial charge in [-0.2, -0.15) is 10.5 Å². The third-order valence-electron chi connectivity index (χ3n) is 5.64. The van der Waals surface area contributed by atoms with Gasteiger partial charge in [0.15, 0.2) is 10.8 Å². The molecule has 2 heterocycles. The molecule has 0 aromatic heterocycles. The van der Waals surface area contributed by atoms with Gasteiger partial charge in [0.25, 0.3) is 5.84 Å². The van der Waals surface area contributed by atoms with Gasteiger partial charge in [-0.15, -0.1) is 0 Å². The lowest BCUT2D eigenvalue weighted by Crippen LogP contribution is -2.90. The molecule has 1 spiro atoms. The maximum Gasteiger partial charge on any atom is 0.343 e. The van der Waals surface area contributed by atoms with Gasteiger partial charge in [0, 0.05) is 5.56 Å². The molecule has 0 bridgehead atoms. The Hall–Kier alpha value is -2.81. The highest BCUT2D eigenvalue weighted by atomic mass is 16.8. The van der Waals surface area contributed by atoms with E-state index in [0.29, 0.717) is 23.7 Å². The zero-order valence-electron chi connectivity index (χ0n) is 14.7. The fourth-order valence-electron chi connectivity index (χ4n) is 4.50. The van der Waals surface area contributed by atoms with E-state index in [-0.39, 0.29) is 11.9 Å². The zero-order chi connectivity index (χ0) is 18.7. The van der Waals surface area contributed by atoms with Gasteiger partial charge in [0.05, 0.1) is 45.0 Å². The number of rotatable bonds is 3. The highest BCUT2D eigenvalue weighted by molar-refractivity contribution is 5.95. The van der Waals surface area contributed by atoms with Crippen LogP contribution in [0.2, 0.25) is 0 Å². The lowest BCUT2D eigenvalue weighted by Gasteiger charge is -2.24. The van der Waals surface area contributed by atoms with Gasteiger partial charge in [0.1, 0.15) is 11.5 Å². The van der Waals surface area contributed by atoms with Crippen LogP contribution in [0.4, 0.5) is 0 Å². The van der Waals surface area contributed by atoms with Gasteiger partial charge < -0.3 is 18.9 Å². The Balaban J connectivity index is 1.94. The molecule has 3 N–H and O–H groups in total. The summed E-state index contributed by atoms with van der Waals surface area (Å²) in [5.41, 5.74) is 4.26. The lowest BCUT2D eigenvalue weighted by atomic mass is 9.93. The zero-order valence-corrected chi connectivity index (χ0v) is 14.7. The first-order valence-electron chi connectivity index (χ1n) is 8.23. The second-order valence-corrected chi connectivity index (χ2v) is 6.78. The number of nitrogens with two attached hydrogens (primary N) is 1. The summed E-state index contributed by atoms with van der Waals surface area (Å²) in [7, 11) is 3.08. The number of nitriles is 2. The second kappa shape index (κ2) is 5.10. The van der Waals surface area contributed by atoms with Crippen LogP contribution >= 0.6 is 0 Å². The normalized spacial score (nSPS) is 39.7. The molecule has 5 atom stereocenters. The third kappa shape index (κ3) is 1.57. The van der Waals surface area contributed by atoms with Crippen molar-refractivity contribution < 1.29 is 23.9 Å². The predicted molar refractivity (Wildman–Crippen MR) is 87.8 cm³/mol. The van der Waals surface area contributed by atoms with Crippen LogP contribution in [0.15, 0.2) is 18.2 Å². The van der Waals surface area contributed by atoms with E-state index in [2.05, 4.69) is 17.1 Å². The molecule has 1 aliphatic carbocycles. The van der Waals surface area contributed by atoms with E-state index in [1.54, 1.807) is 25.3 Å². The van der Waals surface area contributed by atoms with Crippen LogP contribution in [-0.4, -0.2) is 38.7 Å². The molecule has 1 saturated heterocycles. The van der Waals surface area contributed by atoms with Crippen LogP contribution in [-0.2, 0) is 9.47 Å². The Bertz CT molecular complexity index is 903. The van der Waals surface area contributed by atoms with Gasteiger partial charge in [-0.1, -0.05) is 0 Å². The smallest absolute Gasteiger partial charge is 0.343 e. The molecule has 1 aromatic carbocycles. The fraction of sp³-hybridized carbons (Fsp3) is 0.500. The lowest BCUT2D eigenvalue weighted by molar-refractivity contribution is -0.677. The number of nitrogens with one attached hydrogen (secondary N) is 1. The van der Waals surface area contributed by atoms with Crippen molar-refractivity contribution in [2.45, 2.75) is 24.9 Å². The van der Waals surface area contributed by atoms with E-state index in [4.69, 9.17) is 24.7 Å². The number of nitrogens with zero attached hydrogens (tertiary/aromatic N) is 2. The average Bonchev–Trinajstić information content (AvgIpc) is 3.04. The van der Waals surface area contributed by atoms with Crippen molar-refractivity contribution in [3.8, 4) is 23.6 Å². The molecule has 8 heteroatoms. The van der Waals surface area contributed by atoms with E-state index < -0.39 is 22.7 Å². The molecule has 8 nitrogen and oxygen atoms in total. The molecule has 0 unspecified atom stereocenters. The molecule has 134 valence electrons. The molecule has 26 heavy (non-hydrogen) atoms. The molecule has 0 amide bonds. The standard InChI is InChI=1S/C18H18N4O4/c1-10-7-25-18(26-10)17(9-20)14(16(17,8-19)15(21)22-18)12-6-11(23-2)4-5-13(12)24-3/h4-6,10,14H,7H2,1-3H3,(H2,21,22)/p+1/t10-,14+,16+,17+,18+/m0/s1. The molecule has 4 rings (SSSR count). The minimum atomic E-state index is -1.46. The summed E-state index contributed by atoms with van der Waals surface area (Å²) in [4.78, 5) is 2.94. The summed E-state index contributed by atoms with van der Waals surface area (Å²) in [6.45, 7) is 2.14. The van der Waals surface area contributed by atoms with Gasteiger partial charge in [0.2, 0.25) is 0 Å². The minimum Gasteiger partial charge on any atom is -0.497 e. The molecule has 1 aromatic rings. The number of hydrogen-bond donors (Lipinski definition) is 2. The van der Waals surface area contributed by atoms with Crippen molar-refractivity contribution >= 4 is 5.84 Å². The summed E-state index contributed by atoms with van der Waals surface area (Å²) in [5.74, 6) is -0.732. The molecule has 2 aliphatic heterocycles. The second-order valence-electron chi connectivity index (χ2n) is 6.78. The first-order valence-corrected chi connectivity index (χ1v) is 8.23. The average molecular weight is 355 g/mol. The Kier molecular flexibility index (Phi) is 3.27. The van der Waals surface area contributed by atoms with Crippen molar-refractivity contribution in [2.24, 2.45) is 16.6 Å². The van der Waals surface area contributed by atoms with Crippen LogP contribution < -0.4 is 20.2 Å². The maximum absolute atomic E-state index is 10.2. The quantitative estimate of drug-likeness (QED) is 0.739. The first-order chi connectivity index (χ1) is 12.5. The summed E-state index contributed by atoms with van der Waals surface area (Å²) >= 11 is 0. The summed E-state index contributed by atoms with van der Waals surface area (Å²) in [6, 6.07) is 9.81. The number of amidine groups is 1. The predicted octanol–water partition coefficient (Wildman–Crippen LogP) is -0.639. The van der Waals surface area contributed by atoms with Crippen LogP contribution in [0.3, 0.4) is 0 Å². The number of methoxy groups -OCH3 is 2. The molecule has 0 radical (unpaired) electrons. The van der Waals surface area contributed by atoms with Gasteiger partial charge in [-0.05, 0) is 25.1 Å². The highest BCUT2D eigenvalue weighted by Gasteiger charge is 2.98.